The molecule has 0 unspecified atom stereocenters. The summed E-state index contributed by atoms with van der Waals surface area (Å²) in [5.74, 6) is 1.54. The van der Waals surface area contributed by atoms with Crippen LogP contribution in [0.2, 0.25) is 0 Å². The van der Waals surface area contributed by atoms with E-state index in [9.17, 15) is 0 Å². The van der Waals surface area contributed by atoms with Crippen molar-refractivity contribution >= 4 is 11.3 Å². The molecule has 2 rings (SSSR count). The molecule has 0 fully saturated rings. The van der Waals surface area contributed by atoms with Crippen LogP contribution in [0.15, 0.2) is 29.6 Å². The smallest absolute Gasteiger partial charge is 0.151 e. The van der Waals surface area contributed by atoms with E-state index in [1.807, 2.05) is 30.3 Å². The summed E-state index contributed by atoms with van der Waals surface area (Å²) in [5, 5.41) is 11.3. The molecule has 0 radical (unpaired) electrons. The monoisotopic (exact) mass is 260 g/mol. The highest BCUT2D eigenvalue weighted by molar-refractivity contribution is 7.09. The Balaban J connectivity index is 1.86. The molecule has 0 saturated carbocycles. The van der Waals surface area contributed by atoms with Crippen LogP contribution < -0.4 is 9.47 Å². The number of thiazole rings is 1. The Bertz CT molecular complexity index is 560. The van der Waals surface area contributed by atoms with Crippen molar-refractivity contribution in [3.63, 3.8) is 0 Å². The molecule has 0 spiro atoms. The SMILES string of the molecule is COc1cccc(OCCc2nc(C#N)cs2)c1. The predicted octanol–water partition coefficient (Wildman–Crippen LogP) is 2.64. The molecular weight excluding hydrogens is 248 g/mol. The molecule has 5 heteroatoms. The highest BCUT2D eigenvalue weighted by Crippen LogP contribution is 2.19. The summed E-state index contributed by atoms with van der Waals surface area (Å²) in [4.78, 5) is 4.15. The van der Waals surface area contributed by atoms with E-state index in [1.54, 1.807) is 12.5 Å². The zero-order valence-corrected chi connectivity index (χ0v) is 10.7. The van der Waals surface area contributed by atoms with Crippen molar-refractivity contribution in [1.82, 2.24) is 4.98 Å². The fourth-order valence-corrected chi connectivity index (χ4v) is 2.13. The van der Waals surface area contributed by atoms with Gasteiger partial charge in [-0.15, -0.1) is 11.3 Å². The van der Waals surface area contributed by atoms with E-state index in [1.165, 1.54) is 11.3 Å². The molecule has 0 amide bonds. The maximum Gasteiger partial charge on any atom is 0.151 e. The Kier molecular flexibility index (Phi) is 4.15. The molecule has 0 saturated heterocycles. The lowest BCUT2D eigenvalue weighted by molar-refractivity contribution is 0.318. The molecule has 1 heterocycles. The van der Waals surface area contributed by atoms with Crippen LogP contribution in [-0.2, 0) is 6.42 Å². The quantitative estimate of drug-likeness (QED) is 0.829. The number of nitriles is 1. The van der Waals surface area contributed by atoms with Crippen LogP contribution in [0.4, 0.5) is 0 Å². The van der Waals surface area contributed by atoms with Crippen molar-refractivity contribution in [3.05, 3.63) is 40.3 Å². The number of hydrogen-bond donors (Lipinski definition) is 0. The predicted molar refractivity (Wildman–Crippen MR) is 69.0 cm³/mol. The van der Waals surface area contributed by atoms with Crippen molar-refractivity contribution in [1.29, 1.82) is 5.26 Å². The minimum absolute atomic E-state index is 0.469. The molecule has 1 aromatic carbocycles. The van der Waals surface area contributed by atoms with Gasteiger partial charge in [0.2, 0.25) is 0 Å². The normalized spacial score (nSPS) is 9.78. The highest BCUT2D eigenvalue weighted by Gasteiger charge is 2.02. The molecule has 18 heavy (non-hydrogen) atoms. The Labute approximate surface area is 109 Å². The Morgan fingerprint density at radius 2 is 2.22 bits per heavy atom. The maximum absolute atomic E-state index is 8.66. The molecule has 0 N–H and O–H groups in total. The van der Waals surface area contributed by atoms with Gasteiger partial charge in [-0.25, -0.2) is 4.98 Å². The van der Waals surface area contributed by atoms with Gasteiger partial charge in [-0.3, -0.25) is 0 Å². The molecule has 0 aliphatic carbocycles. The zero-order chi connectivity index (χ0) is 12.8. The van der Waals surface area contributed by atoms with E-state index in [2.05, 4.69) is 4.98 Å². The van der Waals surface area contributed by atoms with Crippen molar-refractivity contribution in [2.75, 3.05) is 13.7 Å². The van der Waals surface area contributed by atoms with Crippen molar-refractivity contribution in [3.8, 4) is 17.6 Å². The average molecular weight is 260 g/mol. The fraction of sp³-hybridized carbons (Fsp3) is 0.231. The van der Waals surface area contributed by atoms with E-state index < -0.39 is 0 Å². The molecule has 0 bridgehead atoms. The summed E-state index contributed by atoms with van der Waals surface area (Å²) in [6.45, 7) is 0.533. The van der Waals surface area contributed by atoms with E-state index in [0.717, 1.165) is 16.5 Å². The number of ether oxygens (including phenoxy) is 2. The second-order valence-corrected chi connectivity index (χ2v) is 4.46. The largest absolute Gasteiger partial charge is 0.497 e. The van der Waals surface area contributed by atoms with Gasteiger partial charge >= 0.3 is 0 Å². The fourth-order valence-electron chi connectivity index (χ4n) is 1.42. The third kappa shape index (κ3) is 3.22. The summed E-state index contributed by atoms with van der Waals surface area (Å²) < 4.78 is 10.7. The standard InChI is InChI=1S/C13H12N2O2S/c1-16-11-3-2-4-12(7-11)17-6-5-13-15-10(8-14)9-18-13/h2-4,7,9H,5-6H2,1H3. The number of aromatic nitrogens is 1. The highest BCUT2D eigenvalue weighted by atomic mass is 32.1. The first-order valence-electron chi connectivity index (χ1n) is 5.43. The van der Waals surface area contributed by atoms with Crippen molar-refractivity contribution in [2.24, 2.45) is 0 Å². The van der Waals surface area contributed by atoms with Crippen LogP contribution in [0, 0.1) is 11.3 Å². The number of hydrogen-bond acceptors (Lipinski definition) is 5. The van der Waals surface area contributed by atoms with Gasteiger partial charge in [0.15, 0.2) is 5.69 Å². The van der Waals surface area contributed by atoms with Gasteiger partial charge in [0.25, 0.3) is 0 Å². The Morgan fingerprint density at radius 3 is 2.94 bits per heavy atom. The molecule has 2 aromatic rings. The Hall–Kier alpha value is -2.06. The first kappa shape index (κ1) is 12.4. The second kappa shape index (κ2) is 6.03. The topological polar surface area (TPSA) is 55.1 Å². The lowest BCUT2D eigenvalue weighted by Crippen LogP contribution is -2.01. The molecule has 92 valence electrons. The Morgan fingerprint density at radius 1 is 1.39 bits per heavy atom. The van der Waals surface area contributed by atoms with Gasteiger partial charge in [0.05, 0.1) is 18.7 Å². The van der Waals surface area contributed by atoms with Crippen LogP contribution >= 0.6 is 11.3 Å². The van der Waals surface area contributed by atoms with E-state index >= 15 is 0 Å². The first-order valence-corrected chi connectivity index (χ1v) is 6.31. The number of methoxy groups -OCH3 is 1. The van der Waals surface area contributed by atoms with Gasteiger partial charge < -0.3 is 9.47 Å². The van der Waals surface area contributed by atoms with Gasteiger partial charge in [-0.05, 0) is 12.1 Å². The van der Waals surface area contributed by atoms with Crippen LogP contribution in [0.1, 0.15) is 10.7 Å². The van der Waals surface area contributed by atoms with Gasteiger partial charge in [0, 0.05) is 17.9 Å². The minimum atomic E-state index is 0.469. The lowest BCUT2D eigenvalue weighted by atomic mass is 10.3. The third-order valence-corrected chi connectivity index (χ3v) is 3.20. The molecule has 0 aliphatic heterocycles. The number of benzene rings is 1. The molecule has 0 aliphatic rings. The van der Waals surface area contributed by atoms with E-state index in [0.29, 0.717) is 18.7 Å². The van der Waals surface area contributed by atoms with Crippen LogP contribution in [0.25, 0.3) is 0 Å². The first-order chi connectivity index (χ1) is 8.81. The van der Waals surface area contributed by atoms with E-state index in [4.69, 9.17) is 14.7 Å². The molecule has 1 aromatic heterocycles. The maximum atomic E-state index is 8.66. The van der Waals surface area contributed by atoms with E-state index in [-0.39, 0.29) is 0 Å². The van der Waals surface area contributed by atoms with Crippen molar-refractivity contribution in [2.45, 2.75) is 6.42 Å². The van der Waals surface area contributed by atoms with Crippen molar-refractivity contribution < 1.29 is 9.47 Å². The van der Waals surface area contributed by atoms with Crippen LogP contribution in [0.5, 0.6) is 11.5 Å². The second-order valence-electron chi connectivity index (χ2n) is 3.52. The average Bonchev–Trinajstić information content (AvgIpc) is 2.87. The summed E-state index contributed by atoms with van der Waals surface area (Å²) in [5.41, 5.74) is 0.469. The van der Waals surface area contributed by atoms with Gasteiger partial charge in [0.1, 0.15) is 17.6 Å². The number of rotatable bonds is 5. The molecular formula is C13H12N2O2S. The van der Waals surface area contributed by atoms with Gasteiger partial charge in [-0.2, -0.15) is 5.26 Å². The van der Waals surface area contributed by atoms with Crippen LogP contribution in [-0.4, -0.2) is 18.7 Å². The lowest BCUT2D eigenvalue weighted by Gasteiger charge is -2.06. The summed E-state index contributed by atoms with van der Waals surface area (Å²) in [7, 11) is 1.62. The van der Waals surface area contributed by atoms with Gasteiger partial charge in [-0.1, -0.05) is 6.07 Å². The third-order valence-electron chi connectivity index (χ3n) is 2.29. The zero-order valence-electron chi connectivity index (χ0n) is 9.92. The molecule has 0 atom stereocenters. The summed E-state index contributed by atoms with van der Waals surface area (Å²) in [6, 6.07) is 9.48. The minimum Gasteiger partial charge on any atom is -0.497 e. The summed E-state index contributed by atoms with van der Waals surface area (Å²) in [6.07, 6.45) is 0.698. The van der Waals surface area contributed by atoms with Crippen LogP contribution in [0.3, 0.4) is 0 Å². The summed E-state index contributed by atoms with van der Waals surface area (Å²) >= 11 is 1.48. The molecule has 4 nitrogen and oxygen atoms in total. The number of nitrogens with zero attached hydrogens (tertiary/aromatic N) is 2.